The number of hydrogen-bond acceptors (Lipinski definition) is 5. The van der Waals surface area contributed by atoms with Crippen LogP contribution in [0.3, 0.4) is 0 Å². The molecule has 0 aliphatic heterocycles. The van der Waals surface area contributed by atoms with E-state index in [1.807, 2.05) is 6.92 Å². The van der Waals surface area contributed by atoms with Crippen molar-refractivity contribution in [2.75, 3.05) is 6.61 Å². The van der Waals surface area contributed by atoms with Crippen molar-refractivity contribution in [1.29, 1.82) is 0 Å². The van der Waals surface area contributed by atoms with Gasteiger partial charge in [0.25, 0.3) is 0 Å². The van der Waals surface area contributed by atoms with E-state index < -0.39 is 5.97 Å². The summed E-state index contributed by atoms with van der Waals surface area (Å²) in [5.41, 5.74) is 0.441. The third kappa shape index (κ3) is 2.19. The second kappa shape index (κ2) is 4.63. The topological polar surface area (TPSA) is 72.6 Å². The average molecular weight is 256 g/mol. The number of oxazole rings is 1. The molecule has 0 bridgehead atoms. The first-order valence-electron chi connectivity index (χ1n) is 5.08. The lowest BCUT2D eigenvalue weighted by Crippen LogP contribution is -2.05. The van der Waals surface area contributed by atoms with Crippen LogP contribution >= 0.6 is 11.6 Å². The molecule has 0 spiro atoms. The van der Waals surface area contributed by atoms with Gasteiger partial charge in [-0.2, -0.15) is 4.98 Å². The van der Waals surface area contributed by atoms with Crippen molar-refractivity contribution >= 4 is 28.7 Å². The molecular weight excluding hydrogens is 246 g/mol. The van der Waals surface area contributed by atoms with E-state index in [9.17, 15) is 9.90 Å². The van der Waals surface area contributed by atoms with E-state index in [-0.39, 0.29) is 27.8 Å². The zero-order valence-corrected chi connectivity index (χ0v) is 9.82. The Balaban J connectivity index is 2.38. The van der Waals surface area contributed by atoms with Crippen molar-refractivity contribution in [1.82, 2.24) is 4.98 Å². The maximum atomic E-state index is 11.5. The molecule has 0 aliphatic carbocycles. The van der Waals surface area contributed by atoms with Gasteiger partial charge in [-0.15, -0.1) is 0 Å². The van der Waals surface area contributed by atoms with Crippen LogP contribution in [0.15, 0.2) is 16.5 Å². The number of halogens is 1. The first-order chi connectivity index (χ1) is 8.13. The van der Waals surface area contributed by atoms with Crippen LogP contribution in [0, 0.1) is 0 Å². The van der Waals surface area contributed by atoms with Crippen LogP contribution in [-0.4, -0.2) is 22.7 Å². The summed E-state index contributed by atoms with van der Waals surface area (Å²) < 4.78 is 10.0. The summed E-state index contributed by atoms with van der Waals surface area (Å²) >= 11 is 5.71. The van der Waals surface area contributed by atoms with Gasteiger partial charge in [-0.05, 0) is 18.6 Å². The number of rotatable bonds is 3. The Morgan fingerprint density at radius 1 is 1.59 bits per heavy atom. The number of aromatic hydroxyl groups is 1. The predicted molar refractivity (Wildman–Crippen MR) is 61.3 cm³/mol. The number of carbonyl (C=O) groups excluding carboxylic acids is 1. The number of fused-ring (bicyclic) bond motifs is 1. The van der Waals surface area contributed by atoms with Gasteiger partial charge in [0, 0.05) is 0 Å². The number of benzene rings is 1. The number of phenolic OH excluding ortho intramolecular Hbond substituents is 1. The quantitative estimate of drug-likeness (QED) is 0.854. The minimum atomic E-state index is -0.654. The lowest BCUT2D eigenvalue weighted by Gasteiger charge is -1.97. The third-order valence-electron chi connectivity index (χ3n) is 2.10. The van der Waals surface area contributed by atoms with Crippen LogP contribution in [0.1, 0.15) is 24.0 Å². The lowest BCUT2D eigenvalue weighted by molar-refractivity contribution is 0.0462. The molecule has 5 nitrogen and oxygen atoms in total. The van der Waals surface area contributed by atoms with Gasteiger partial charge in [-0.25, -0.2) is 4.79 Å². The molecule has 0 atom stereocenters. The molecule has 0 amide bonds. The van der Waals surface area contributed by atoms with Gasteiger partial charge in [0.1, 0.15) is 0 Å². The molecule has 0 radical (unpaired) electrons. The lowest BCUT2D eigenvalue weighted by atomic mass is 10.3. The van der Waals surface area contributed by atoms with Crippen LogP contribution in [-0.2, 0) is 4.74 Å². The van der Waals surface area contributed by atoms with Crippen LogP contribution < -0.4 is 0 Å². The van der Waals surface area contributed by atoms with Crippen LogP contribution in [0.25, 0.3) is 11.1 Å². The van der Waals surface area contributed by atoms with Crippen molar-refractivity contribution in [3.8, 4) is 5.75 Å². The monoisotopic (exact) mass is 255 g/mol. The standard InChI is InChI=1S/C11H10ClNO4/c1-2-5-16-11(15)10-13-8-7(17-10)4-3-6(12)9(8)14/h3-4,14H,2,5H2,1H3. The highest BCUT2D eigenvalue weighted by molar-refractivity contribution is 6.33. The SMILES string of the molecule is CCCOC(=O)c1nc2c(O)c(Cl)ccc2o1. The zero-order valence-electron chi connectivity index (χ0n) is 9.07. The van der Waals surface area contributed by atoms with Crippen LogP contribution in [0.2, 0.25) is 5.02 Å². The Hall–Kier alpha value is -1.75. The van der Waals surface area contributed by atoms with Gasteiger partial charge in [-0.3, -0.25) is 0 Å². The number of nitrogens with zero attached hydrogens (tertiary/aromatic N) is 1. The van der Waals surface area contributed by atoms with E-state index in [2.05, 4.69) is 4.98 Å². The first kappa shape index (κ1) is 11.7. The highest BCUT2D eigenvalue weighted by Gasteiger charge is 2.18. The van der Waals surface area contributed by atoms with Crippen molar-refractivity contribution in [2.45, 2.75) is 13.3 Å². The Morgan fingerprint density at radius 3 is 3.06 bits per heavy atom. The molecule has 1 N–H and O–H groups in total. The summed E-state index contributed by atoms with van der Waals surface area (Å²) in [5.74, 6) is -1.05. The maximum absolute atomic E-state index is 11.5. The van der Waals surface area contributed by atoms with Crippen molar-refractivity contribution in [3.05, 3.63) is 23.0 Å². The van der Waals surface area contributed by atoms with Gasteiger partial charge < -0.3 is 14.3 Å². The molecule has 0 aliphatic rings. The van der Waals surface area contributed by atoms with E-state index in [0.29, 0.717) is 13.0 Å². The molecular formula is C11H10ClNO4. The Bertz CT molecular complexity index is 564. The number of esters is 1. The van der Waals surface area contributed by atoms with Gasteiger partial charge >= 0.3 is 11.9 Å². The Kier molecular flexibility index (Phi) is 3.19. The summed E-state index contributed by atoms with van der Waals surface area (Å²) in [6, 6.07) is 2.99. The van der Waals surface area contributed by atoms with E-state index in [1.165, 1.54) is 12.1 Å². The number of ether oxygens (including phenoxy) is 1. The predicted octanol–water partition coefficient (Wildman–Crippen LogP) is 2.75. The Morgan fingerprint density at radius 2 is 2.35 bits per heavy atom. The molecule has 0 saturated heterocycles. The van der Waals surface area contributed by atoms with Gasteiger partial charge in [-0.1, -0.05) is 18.5 Å². The molecule has 0 saturated carbocycles. The van der Waals surface area contributed by atoms with Gasteiger partial charge in [0.2, 0.25) is 0 Å². The maximum Gasteiger partial charge on any atom is 0.394 e. The van der Waals surface area contributed by atoms with Gasteiger partial charge in [0.05, 0.1) is 11.6 Å². The highest BCUT2D eigenvalue weighted by atomic mass is 35.5. The summed E-state index contributed by atoms with van der Waals surface area (Å²) in [4.78, 5) is 15.3. The minimum Gasteiger partial charge on any atom is -0.504 e. The molecule has 6 heteroatoms. The first-order valence-corrected chi connectivity index (χ1v) is 5.46. The van der Waals surface area contributed by atoms with Crippen LogP contribution in [0.4, 0.5) is 0 Å². The number of hydrogen-bond donors (Lipinski definition) is 1. The molecule has 1 heterocycles. The number of aromatic nitrogens is 1. The summed E-state index contributed by atoms with van der Waals surface area (Å²) in [7, 11) is 0. The molecule has 0 unspecified atom stereocenters. The van der Waals surface area contributed by atoms with E-state index >= 15 is 0 Å². The minimum absolute atomic E-state index is 0.152. The summed E-state index contributed by atoms with van der Waals surface area (Å²) in [6.07, 6.45) is 0.711. The fraction of sp³-hybridized carbons (Fsp3) is 0.273. The molecule has 1 aromatic heterocycles. The fourth-order valence-corrected chi connectivity index (χ4v) is 1.45. The van der Waals surface area contributed by atoms with E-state index in [4.69, 9.17) is 20.8 Å². The normalized spacial score (nSPS) is 10.7. The number of phenols is 1. The summed E-state index contributed by atoms with van der Waals surface area (Å²) in [5, 5.41) is 9.77. The smallest absolute Gasteiger partial charge is 0.394 e. The largest absolute Gasteiger partial charge is 0.504 e. The molecule has 17 heavy (non-hydrogen) atoms. The molecule has 1 aromatic carbocycles. The van der Waals surface area contributed by atoms with Crippen LogP contribution in [0.5, 0.6) is 5.75 Å². The van der Waals surface area contributed by atoms with Crippen molar-refractivity contribution in [2.24, 2.45) is 0 Å². The van der Waals surface area contributed by atoms with E-state index in [0.717, 1.165) is 0 Å². The van der Waals surface area contributed by atoms with Gasteiger partial charge in [0.15, 0.2) is 16.8 Å². The second-order valence-electron chi connectivity index (χ2n) is 3.40. The fourth-order valence-electron chi connectivity index (χ4n) is 1.30. The van der Waals surface area contributed by atoms with Crippen molar-refractivity contribution in [3.63, 3.8) is 0 Å². The molecule has 0 fully saturated rings. The number of carbonyl (C=O) groups is 1. The molecule has 90 valence electrons. The zero-order chi connectivity index (χ0) is 12.4. The highest BCUT2D eigenvalue weighted by Crippen LogP contribution is 2.32. The molecule has 2 aromatic rings. The average Bonchev–Trinajstić information content (AvgIpc) is 2.75. The summed E-state index contributed by atoms with van der Waals surface area (Å²) in [6.45, 7) is 2.18. The van der Waals surface area contributed by atoms with E-state index in [1.54, 1.807) is 0 Å². The molecule has 2 rings (SSSR count). The Labute approximate surface area is 102 Å². The van der Waals surface area contributed by atoms with Crippen molar-refractivity contribution < 1.29 is 19.1 Å². The third-order valence-corrected chi connectivity index (χ3v) is 2.40. The second-order valence-corrected chi connectivity index (χ2v) is 3.80.